The molecule has 1 rings (SSSR count). The molecule has 2 heteroatoms. The Kier molecular flexibility index (Phi) is 10.2. The molecule has 0 radical (unpaired) electrons. The zero-order valence-corrected chi connectivity index (χ0v) is 11.1. The van der Waals surface area contributed by atoms with Crippen molar-refractivity contribution in [3.8, 4) is 0 Å². The molecule has 1 saturated carbocycles. The fourth-order valence-electron chi connectivity index (χ4n) is 2.30. The zero-order chi connectivity index (χ0) is 10.8. The Hall–Kier alpha value is 0.390. The lowest BCUT2D eigenvalue weighted by Crippen LogP contribution is -2.24. The van der Waals surface area contributed by atoms with Crippen LogP contribution in [-0.4, -0.2) is 12.7 Å². The second-order valence-corrected chi connectivity index (χ2v) is 5.03. The largest absolute Gasteiger partial charge is 0.330 e. The predicted octanol–water partition coefficient (Wildman–Crippen LogP) is 3.43. The molecule has 0 aromatic rings. The van der Waals surface area contributed by atoms with Gasteiger partial charge in [-0.1, -0.05) is 52.4 Å². The van der Waals surface area contributed by atoms with Crippen LogP contribution in [0.5, 0.6) is 0 Å². The minimum absolute atomic E-state index is 0.815. The average molecular weight is 217 g/mol. The Bertz CT molecular complexity index is 107. The minimum Gasteiger partial charge on any atom is -0.330 e. The Morgan fingerprint density at radius 2 is 1.71 bits per heavy atom. The zero-order valence-electron chi connectivity index (χ0n) is 9.97. The SMILES string of the molecule is CCC(CN)C1CCCCC1.CCP. The fourth-order valence-corrected chi connectivity index (χ4v) is 2.30. The lowest BCUT2D eigenvalue weighted by atomic mass is 9.79. The van der Waals surface area contributed by atoms with Gasteiger partial charge >= 0.3 is 0 Å². The van der Waals surface area contributed by atoms with Gasteiger partial charge in [0.25, 0.3) is 0 Å². The molecule has 0 saturated heterocycles. The second-order valence-electron chi connectivity index (χ2n) is 4.21. The number of hydrogen-bond donors (Lipinski definition) is 1. The summed E-state index contributed by atoms with van der Waals surface area (Å²) in [4.78, 5) is 0. The Balaban J connectivity index is 0.000000500. The van der Waals surface area contributed by atoms with Gasteiger partial charge in [-0.25, -0.2) is 0 Å². The van der Waals surface area contributed by atoms with Gasteiger partial charge < -0.3 is 5.73 Å². The average Bonchev–Trinajstić information content (AvgIpc) is 2.22. The van der Waals surface area contributed by atoms with Crippen LogP contribution in [0.1, 0.15) is 52.4 Å². The molecular weight excluding hydrogens is 189 g/mol. The Labute approximate surface area is 92.4 Å². The molecule has 0 aromatic carbocycles. The van der Waals surface area contributed by atoms with Crippen molar-refractivity contribution < 1.29 is 0 Å². The van der Waals surface area contributed by atoms with Gasteiger partial charge in [0.15, 0.2) is 0 Å². The first-order valence-corrected chi connectivity index (χ1v) is 7.01. The van der Waals surface area contributed by atoms with Gasteiger partial charge in [0.2, 0.25) is 0 Å². The van der Waals surface area contributed by atoms with E-state index in [1.165, 1.54) is 44.7 Å². The molecule has 1 aliphatic carbocycles. The van der Waals surface area contributed by atoms with Gasteiger partial charge in [-0.05, 0) is 24.5 Å². The smallest absolute Gasteiger partial charge is 0.00463 e. The van der Waals surface area contributed by atoms with Crippen LogP contribution < -0.4 is 5.73 Å². The van der Waals surface area contributed by atoms with Crippen LogP contribution in [0.2, 0.25) is 0 Å². The molecular formula is C12H28NP. The molecule has 0 amide bonds. The van der Waals surface area contributed by atoms with E-state index >= 15 is 0 Å². The van der Waals surface area contributed by atoms with Crippen LogP contribution in [0, 0.1) is 11.8 Å². The molecule has 0 aliphatic heterocycles. The van der Waals surface area contributed by atoms with Crippen molar-refractivity contribution in [3.63, 3.8) is 0 Å². The highest BCUT2D eigenvalue weighted by atomic mass is 31.0. The summed E-state index contributed by atoms with van der Waals surface area (Å²) in [6, 6.07) is 0. The van der Waals surface area contributed by atoms with Crippen LogP contribution in [-0.2, 0) is 0 Å². The molecule has 0 spiro atoms. The van der Waals surface area contributed by atoms with Gasteiger partial charge in [-0.15, -0.1) is 9.24 Å². The van der Waals surface area contributed by atoms with Crippen molar-refractivity contribution in [3.05, 3.63) is 0 Å². The normalized spacial score (nSPS) is 19.7. The van der Waals surface area contributed by atoms with Crippen molar-refractivity contribution in [2.45, 2.75) is 52.4 Å². The van der Waals surface area contributed by atoms with Gasteiger partial charge in [0.05, 0.1) is 0 Å². The van der Waals surface area contributed by atoms with Gasteiger partial charge in [-0.2, -0.15) is 0 Å². The molecule has 0 bridgehead atoms. The highest BCUT2D eigenvalue weighted by molar-refractivity contribution is 7.16. The van der Waals surface area contributed by atoms with Crippen molar-refractivity contribution in [2.24, 2.45) is 17.6 Å². The quantitative estimate of drug-likeness (QED) is 0.720. The monoisotopic (exact) mass is 217 g/mol. The first kappa shape index (κ1) is 14.4. The maximum atomic E-state index is 5.71. The Morgan fingerprint density at radius 3 is 2.07 bits per heavy atom. The molecule has 0 aromatic heterocycles. The van der Waals surface area contributed by atoms with E-state index < -0.39 is 0 Å². The van der Waals surface area contributed by atoms with Crippen LogP contribution in [0.3, 0.4) is 0 Å². The summed E-state index contributed by atoms with van der Waals surface area (Å²) in [5.74, 6) is 1.77. The molecule has 1 nitrogen and oxygen atoms in total. The maximum absolute atomic E-state index is 5.71. The molecule has 2 N–H and O–H groups in total. The van der Waals surface area contributed by atoms with Gasteiger partial charge in [-0.3, -0.25) is 0 Å². The van der Waals surface area contributed by atoms with Crippen LogP contribution >= 0.6 is 9.24 Å². The van der Waals surface area contributed by atoms with E-state index in [4.69, 9.17) is 5.73 Å². The number of rotatable bonds is 3. The first-order valence-electron chi connectivity index (χ1n) is 6.20. The van der Waals surface area contributed by atoms with E-state index in [9.17, 15) is 0 Å². The van der Waals surface area contributed by atoms with Crippen molar-refractivity contribution >= 4 is 9.24 Å². The third-order valence-electron chi connectivity index (χ3n) is 3.14. The summed E-state index contributed by atoms with van der Waals surface area (Å²) in [6.07, 6.45) is 9.67. The molecule has 2 unspecified atom stereocenters. The predicted molar refractivity (Wildman–Crippen MR) is 69.7 cm³/mol. The molecule has 1 fully saturated rings. The topological polar surface area (TPSA) is 26.0 Å². The van der Waals surface area contributed by atoms with E-state index in [0.717, 1.165) is 18.4 Å². The van der Waals surface area contributed by atoms with Gasteiger partial charge in [0.1, 0.15) is 0 Å². The van der Waals surface area contributed by atoms with Crippen LogP contribution in [0.4, 0.5) is 0 Å². The Morgan fingerprint density at radius 1 is 1.21 bits per heavy atom. The third-order valence-corrected chi connectivity index (χ3v) is 3.14. The minimum atomic E-state index is 0.815. The molecule has 1 aliphatic rings. The highest BCUT2D eigenvalue weighted by Gasteiger charge is 2.20. The first-order chi connectivity index (χ1) is 6.79. The van der Waals surface area contributed by atoms with E-state index in [2.05, 4.69) is 23.1 Å². The van der Waals surface area contributed by atoms with Crippen molar-refractivity contribution in [1.82, 2.24) is 0 Å². The lowest BCUT2D eigenvalue weighted by molar-refractivity contribution is 0.247. The molecule has 0 heterocycles. The summed E-state index contributed by atoms with van der Waals surface area (Å²) in [5.41, 5.74) is 5.71. The summed E-state index contributed by atoms with van der Waals surface area (Å²) in [7, 11) is 2.58. The standard InChI is InChI=1S/C10H21N.C2H7P/c1-2-9(8-11)10-6-4-3-5-7-10;1-2-3/h9-10H,2-8,11H2,1H3;2-3H2,1H3. The van der Waals surface area contributed by atoms with Crippen molar-refractivity contribution in [2.75, 3.05) is 12.7 Å². The highest BCUT2D eigenvalue weighted by Crippen LogP contribution is 2.30. The van der Waals surface area contributed by atoms with Crippen LogP contribution in [0.15, 0.2) is 0 Å². The van der Waals surface area contributed by atoms with E-state index in [0.29, 0.717) is 0 Å². The fraction of sp³-hybridized carbons (Fsp3) is 1.00. The van der Waals surface area contributed by atoms with Crippen molar-refractivity contribution in [1.29, 1.82) is 0 Å². The maximum Gasteiger partial charge on any atom is -0.00463 e. The third kappa shape index (κ3) is 5.98. The summed E-state index contributed by atoms with van der Waals surface area (Å²) < 4.78 is 0. The molecule has 2 atom stereocenters. The lowest BCUT2D eigenvalue weighted by Gasteiger charge is -2.28. The number of nitrogens with two attached hydrogens (primary N) is 1. The van der Waals surface area contributed by atoms with E-state index in [-0.39, 0.29) is 0 Å². The molecule has 86 valence electrons. The molecule has 14 heavy (non-hydrogen) atoms. The summed E-state index contributed by atoms with van der Waals surface area (Å²) in [6.45, 7) is 5.26. The van der Waals surface area contributed by atoms with E-state index in [1.54, 1.807) is 0 Å². The summed E-state index contributed by atoms with van der Waals surface area (Å²) >= 11 is 0. The van der Waals surface area contributed by atoms with Gasteiger partial charge in [0, 0.05) is 0 Å². The summed E-state index contributed by atoms with van der Waals surface area (Å²) in [5, 5.41) is 0. The second kappa shape index (κ2) is 9.93. The number of hydrogen-bond acceptors (Lipinski definition) is 1. The van der Waals surface area contributed by atoms with E-state index in [1.807, 2.05) is 0 Å². The van der Waals surface area contributed by atoms with Crippen LogP contribution in [0.25, 0.3) is 0 Å².